The number of methoxy groups -OCH3 is 1. The molecule has 0 bridgehead atoms. The molecule has 3 atom stereocenters. The second-order valence-electron chi connectivity index (χ2n) is 5.75. The van der Waals surface area contributed by atoms with Crippen molar-refractivity contribution in [2.45, 2.75) is 31.3 Å². The fourth-order valence-electron chi connectivity index (χ4n) is 3.41. The minimum absolute atomic E-state index is 0.0601. The summed E-state index contributed by atoms with van der Waals surface area (Å²) in [4.78, 5) is 14.1. The average Bonchev–Trinajstić information content (AvgIpc) is 2.80. The van der Waals surface area contributed by atoms with Gasteiger partial charge in [-0.25, -0.2) is 0 Å². The van der Waals surface area contributed by atoms with E-state index in [-0.39, 0.29) is 18.6 Å². The molecule has 1 saturated heterocycles. The summed E-state index contributed by atoms with van der Waals surface area (Å²) in [5.41, 5.74) is 2.31. The van der Waals surface area contributed by atoms with E-state index >= 15 is 0 Å². The van der Waals surface area contributed by atoms with Gasteiger partial charge in [0.25, 0.3) is 0 Å². The van der Waals surface area contributed by atoms with Crippen molar-refractivity contribution in [3.05, 3.63) is 27.2 Å². The van der Waals surface area contributed by atoms with Crippen LogP contribution >= 0.6 is 27.5 Å². The zero-order chi connectivity index (χ0) is 15.1. The maximum Gasteiger partial charge on any atom is 0.248 e. The van der Waals surface area contributed by atoms with E-state index in [9.17, 15) is 4.79 Å². The lowest BCUT2D eigenvalue weighted by atomic mass is 9.86. The van der Waals surface area contributed by atoms with Crippen LogP contribution in [0.4, 0.5) is 5.69 Å². The van der Waals surface area contributed by atoms with Crippen LogP contribution in [-0.2, 0) is 9.53 Å². The molecular weight excluding hydrogens is 356 g/mol. The molecule has 114 valence electrons. The highest BCUT2D eigenvalue weighted by molar-refractivity contribution is 9.10. The molecule has 0 spiro atoms. The van der Waals surface area contributed by atoms with Crippen molar-refractivity contribution in [2.75, 3.05) is 25.6 Å². The number of likely N-dealkylation sites (tertiary alicyclic amines) is 1. The lowest BCUT2D eigenvalue weighted by Gasteiger charge is -2.40. The number of rotatable bonds is 2. The number of hydrogen-bond acceptors (Lipinski definition) is 3. The van der Waals surface area contributed by atoms with E-state index in [0.717, 1.165) is 23.1 Å². The molecule has 4 nitrogen and oxygen atoms in total. The monoisotopic (exact) mass is 372 g/mol. The molecule has 3 rings (SSSR count). The van der Waals surface area contributed by atoms with Crippen LogP contribution in [0.1, 0.15) is 24.8 Å². The number of nitrogens with one attached hydrogen (secondary N) is 1. The standard InChI is InChI=1S/C15H18BrClN2O2/c1-8-5-12-10(6-19(8)13(20)7-21-2)9-3-4-11(17)14(16)15(9)18-12/h3-4,8,10,12,18H,5-7H2,1-2H3/t8-,10?,12?/m0/s1. The zero-order valence-electron chi connectivity index (χ0n) is 12.0. The molecule has 1 amide bonds. The van der Waals surface area contributed by atoms with Crippen molar-refractivity contribution in [3.63, 3.8) is 0 Å². The molecular formula is C15H18BrClN2O2. The van der Waals surface area contributed by atoms with Gasteiger partial charge in [0.15, 0.2) is 0 Å². The van der Waals surface area contributed by atoms with Crippen LogP contribution in [0.5, 0.6) is 0 Å². The fraction of sp³-hybridized carbons (Fsp3) is 0.533. The van der Waals surface area contributed by atoms with E-state index in [1.165, 1.54) is 5.56 Å². The Balaban J connectivity index is 1.88. The number of benzene rings is 1. The maximum atomic E-state index is 12.2. The van der Waals surface area contributed by atoms with E-state index in [1.807, 2.05) is 11.0 Å². The quantitative estimate of drug-likeness (QED) is 0.865. The largest absolute Gasteiger partial charge is 0.380 e. The highest BCUT2D eigenvalue weighted by atomic mass is 79.9. The lowest BCUT2D eigenvalue weighted by molar-refractivity contribution is -0.138. The SMILES string of the molecule is COCC(=O)N1CC2c3ccc(Cl)c(Br)c3NC2C[C@@H]1C. The summed E-state index contributed by atoms with van der Waals surface area (Å²) in [7, 11) is 1.56. The summed E-state index contributed by atoms with van der Waals surface area (Å²) in [5, 5.41) is 4.28. The van der Waals surface area contributed by atoms with Gasteiger partial charge >= 0.3 is 0 Å². The molecule has 2 aliphatic heterocycles. The number of anilines is 1. The van der Waals surface area contributed by atoms with Crippen LogP contribution in [0.3, 0.4) is 0 Å². The second kappa shape index (κ2) is 5.78. The number of fused-ring (bicyclic) bond motifs is 3. The first-order valence-electron chi connectivity index (χ1n) is 7.05. The summed E-state index contributed by atoms with van der Waals surface area (Å²) in [6.07, 6.45) is 0.929. The van der Waals surface area contributed by atoms with E-state index in [0.29, 0.717) is 17.0 Å². The van der Waals surface area contributed by atoms with Gasteiger partial charge < -0.3 is 15.0 Å². The van der Waals surface area contributed by atoms with Gasteiger partial charge in [-0.3, -0.25) is 4.79 Å². The number of carbonyl (C=O) groups is 1. The highest BCUT2D eigenvalue weighted by Gasteiger charge is 2.41. The summed E-state index contributed by atoms with van der Waals surface area (Å²) in [6.45, 7) is 2.96. The van der Waals surface area contributed by atoms with Gasteiger partial charge in [0.05, 0.1) is 15.2 Å². The molecule has 2 heterocycles. The van der Waals surface area contributed by atoms with Gasteiger partial charge in [-0.2, -0.15) is 0 Å². The van der Waals surface area contributed by atoms with Crippen molar-refractivity contribution >= 4 is 39.1 Å². The topological polar surface area (TPSA) is 41.6 Å². The number of amides is 1. The van der Waals surface area contributed by atoms with Crippen molar-refractivity contribution in [1.29, 1.82) is 0 Å². The van der Waals surface area contributed by atoms with Crippen LogP contribution < -0.4 is 5.32 Å². The van der Waals surface area contributed by atoms with Gasteiger partial charge in [-0.05, 0) is 40.9 Å². The van der Waals surface area contributed by atoms with E-state index in [1.54, 1.807) is 7.11 Å². The normalized spacial score (nSPS) is 27.0. The predicted octanol–water partition coefficient (Wildman–Crippen LogP) is 3.25. The van der Waals surface area contributed by atoms with Gasteiger partial charge in [-0.15, -0.1) is 0 Å². The molecule has 2 unspecified atom stereocenters. The van der Waals surface area contributed by atoms with Gasteiger partial charge in [0, 0.05) is 31.7 Å². The third-order valence-electron chi connectivity index (χ3n) is 4.45. The maximum absolute atomic E-state index is 12.2. The molecule has 0 radical (unpaired) electrons. The predicted molar refractivity (Wildman–Crippen MR) is 87.0 cm³/mol. The molecule has 1 N–H and O–H groups in total. The van der Waals surface area contributed by atoms with E-state index in [2.05, 4.69) is 34.2 Å². The van der Waals surface area contributed by atoms with Crippen LogP contribution in [-0.4, -0.2) is 43.2 Å². The summed E-state index contributed by atoms with van der Waals surface area (Å²) in [6, 6.07) is 4.55. The molecule has 0 aliphatic carbocycles. The summed E-state index contributed by atoms with van der Waals surface area (Å²) < 4.78 is 5.90. The average molecular weight is 374 g/mol. The number of ether oxygens (including phenoxy) is 1. The van der Waals surface area contributed by atoms with Crippen molar-refractivity contribution < 1.29 is 9.53 Å². The number of hydrogen-bond donors (Lipinski definition) is 1. The molecule has 1 aromatic rings. The second-order valence-corrected chi connectivity index (χ2v) is 6.95. The lowest BCUT2D eigenvalue weighted by Crippen LogP contribution is -2.51. The highest BCUT2D eigenvalue weighted by Crippen LogP contribution is 2.46. The van der Waals surface area contributed by atoms with E-state index < -0.39 is 0 Å². The van der Waals surface area contributed by atoms with E-state index in [4.69, 9.17) is 16.3 Å². The molecule has 0 saturated carbocycles. The molecule has 21 heavy (non-hydrogen) atoms. The number of carbonyl (C=O) groups excluding carboxylic acids is 1. The smallest absolute Gasteiger partial charge is 0.248 e. The molecule has 6 heteroatoms. The molecule has 0 aromatic heterocycles. The van der Waals surface area contributed by atoms with Crippen molar-refractivity contribution in [2.24, 2.45) is 0 Å². The third kappa shape index (κ3) is 2.56. The van der Waals surface area contributed by atoms with Gasteiger partial charge in [0.1, 0.15) is 6.61 Å². The van der Waals surface area contributed by atoms with Crippen molar-refractivity contribution in [3.8, 4) is 0 Å². The van der Waals surface area contributed by atoms with Crippen LogP contribution in [0.15, 0.2) is 16.6 Å². The number of piperidine rings is 1. The molecule has 1 aromatic carbocycles. The Labute approximate surface area is 137 Å². The Bertz CT molecular complexity index is 581. The van der Waals surface area contributed by atoms with Crippen LogP contribution in [0.25, 0.3) is 0 Å². The number of halogens is 2. The minimum atomic E-state index is 0.0601. The first-order chi connectivity index (χ1) is 10.0. The Morgan fingerprint density at radius 2 is 2.33 bits per heavy atom. The fourth-order valence-corrected chi connectivity index (χ4v) is 4.05. The first kappa shape index (κ1) is 15.1. The van der Waals surface area contributed by atoms with Crippen LogP contribution in [0, 0.1) is 0 Å². The minimum Gasteiger partial charge on any atom is -0.380 e. The van der Waals surface area contributed by atoms with Gasteiger partial charge in [-0.1, -0.05) is 17.7 Å². The van der Waals surface area contributed by atoms with Crippen molar-refractivity contribution in [1.82, 2.24) is 4.90 Å². The van der Waals surface area contributed by atoms with Gasteiger partial charge in [0.2, 0.25) is 5.91 Å². The zero-order valence-corrected chi connectivity index (χ0v) is 14.4. The Hall–Kier alpha value is -0.780. The Morgan fingerprint density at radius 3 is 3.05 bits per heavy atom. The Morgan fingerprint density at radius 1 is 1.57 bits per heavy atom. The number of nitrogens with zero attached hydrogens (tertiary/aromatic N) is 1. The third-order valence-corrected chi connectivity index (χ3v) is 5.82. The first-order valence-corrected chi connectivity index (χ1v) is 8.23. The summed E-state index contributed by atoms with van der Waals surface area (Å²) in [5.74, 6) is 0.371. The summed E-state index contributed by atoms with van der Waals surface area (Å²) >= 11 is 9.72. The molecule has 2 aliphatic rings. The Kier molecular flexibility index (Phi) is 4.17. The van der Waals surface area contributed by atoms with Crippen LogP contribution in [0.2, 0.25) is 5.02 Å². The molecule has 1 fully saturated rings.